The summed E-state index contributed by atoms with van der Waals surface area (Å²) in [6.45, 7) is 3.84. The van der Waals surface area contributed by atoms with E-state index in [2.05, 4.69) is 36.1 Å². The Balaban J connectivity index is 2.83. The van der Waals surface area contributed by atoms with Crippen molar-refractivity contribution in [3.8, 4) is 0 Å². The molecule has 17 heavy (non-hydrogen) atoms. The fourth-order valence-electron chi connectivity index (χ4n) is 2.07. The topological polar surface area (TPSA) is 20.3 Å². The van der Waals surface area contributed by atoms with Crippen LogP contribution < -0.4 is 0 Å². The number of Topliss-reactive ketones (excluding diaryl/α,β-unsaturated/α-hetero) is 1. The highest BCUT2D eigenvalue weighted by Gasteiger charge is 2.15. The van der Waals surface area contributed by atoms with Gasteiger partial charge in [-0.25, -0.2) is 0 Å². The number of nitrogens with zero attached hydrogens (tertiary/aromatic N) is 1. The Morgan fingerprint density at radius 3 is 2.24 bits per heavy atom. The Labute approximate surface area is 105 Å². The van der Waals surface area contributed by atoms with E-state index in [1.165, 1.54) is 17.5 Å². The van der Waals surface area contributed by atoms with Gasteiger partial charge in [-0.05, 0) is 38.6 Å². The maximum absolute atomic E-state index is 11.3. The Hall–Kier alpha value is -1.15. The number of ketones is 1. The molecule has 0 aliphatic heterocycles. The first-order chi connectivity index (χ1) is 8.04. The SMILES string of the molecule is CCCc1ccc(C(CC(C)=O)N(C)C)cc1. The van der Waals surface area contributed by atoms with Crippen molar-refractivity contribution >= 4 is 5.78 Å². The summed E-state index contributed by atoms with van der Waals surface area (Å²) in [6, 6.07) is 8.85. The lowest BCUT2D eigenvalue weighted by Gasteiger charge is -2.24. The summed E-state index contributed by atoms with van der Waals surface area (Å²) in [5.41, 5.74) is 2.60. The van der Waals surface area contributed by atoms with E-state index in [9.17, 15) is 4.79 Å². The molecule has 94 valence electrons. The van der Waals surface area contributed by atoms with Crippen LogP contribution in [0.3, 0.4) is 0 Å². The molecule has 2 nitrogen and oxygen atoms in total. The van der Waals surface area contributed by atoms with Crippen LogP contribution in [0.25, 0.3) is 0 Å². The van der Waals surface area contributed by atoms with Gasteiger partial charge in [-0.3, -0.25) is 4.79 Å². The van der Waals surface area contributed by atoms with E-state index in [0.717, 1.165) is 6.42 Å². The van der Waals surface area contributed by atoms with Crippen LogP contribution in [0.4, 0.5) is 0 Å². The first-order valence-corrected chi connectivity index (χ1v) is 6.29. The summed E-state index contributed by atoms with van der Waals surface area (Å²) >= 11 is 0. The molecule has 0 aliphatic carbocycles. The Morgan fingerprint density at radius 2 is 1.82 bits per heavy atom. The second-order valence-electron chi connectivity index (χ2n) is 4.88. The van der Waals surface area contributed by atoms with Gasteiger partial charge in [0.2, 0.25) is 0 Å². The van der Waals surface area contributed by atoms with Crippen LogP contribution in [0.5, 0.6) is 0 Å². The molecule has 0 bridgehead atoms. The van der Waals surface area contributed by atoms with E-state index in [-0.39, 0.29) is 11.8 Å². The molecule has 0 spiro atoms. The maximum atomic E-state index is 11.3. The second kappa shape index (κ2) is 6.55. The molecule has 0 N–H and O–H groups in total. The normalized spacial score (nSPS) is 12.8. The quantitative estimate of drug-likeness (QED) is 0.752. The minimum Gasteiger partial charge on any atom is -0.302 e. The highest BCUT2D eigenvalue weighted by Crippen LogP contribution is 2.22. The molecule has 0 fully saturated rings. The van der Waals surface area contributed by atoms with Gasteiger partial charge in [-0.2, -0.15) is 0 Å². The van der Waals surface area contributed by atoms with Crippen molar-refractivity contribution < 1.29 is 4.79 Å². The zero-order valence-electron chi connectivity index (χ0n) is 11.4. The maximum Gasteiger partial charge on any atom is 0.131 e. The lowest BCUT2D eigenvalue weighted by atomic mass is 9.98. The van der Waals surface area contributed by atoms with E-state index >= 15 is 0 Å². The van der Waals surface area contributed by atoms with Gasteiger partial charge in [-0.1, -0.05) is 37.6 Å². The van der Waals surface area contributed by atoms with Crippen molar-refractivity contribution in [2.75, 3.05) is 14.1 Å². The monoisotopic (exact) mass is 233 g/mol. The van der Waals surface area contributed by atoms with Crippen LogP contribution in [-0.2, 0) is 11.2 Å². The number of benzene rings is 1. The van der Waals surface area contributed by atoms with Gasteiger partial charge in [0.15, 0.2) is 0 Å². The third-order valence-electron chi connectivity index (χ3n) is 3.01. The zero-order valence-corrected chi connectivity index (χ0v) is 11.4. The molecule has 1 rings (SSSR count). The fraction of sp³-hybridized carbons (Fsp3) is 0.533. The summed E-state index contributed by atoms with van der Waals surface area (Å²) in [5.74, 6) is 0.237. The molecule has 1 atom stereocenters. The lowest BCUT2D eigenvalue weighted by molar-refractivity contribution is -0.118. The minimum atomic E-state index is 0.197. The van der Waals surface area contributed by atoms with Crippen molar-refractivity contribution in [3.05, 3.63) is 35.4 Å². The van der Waals surface area contributed by atoms with Gasteiger partial charge in [-0.15, -0.1) is 0 Å². The third kappa shape index (κ3) is 4.31. The van der Waals surface area contributed by atoms with Gasteiger partial charge in [0.1, 0.15) is 5.78 Å². The molecule has 1 aromatic rings. The standard InChI is InChI=1S/C15H23NO/c1-5-6-13-7-9-14(10-8-13)15(16(3)4)11-12(2)17/h7-10,15H,5-6,11H2,1-4H3. The van der Waals surface area contributed by atoms with Crippen LogP contribution in [0, 0.1) is 0 Å². The Morgan fingerprint density at radius 1 is 1.24 bits per heavy atom. The van der Waals surface area contributed by atoms with Crippen LogP contribution in [0.15, 0.2) is 24.3 Å². The van der Waals surface area contributed by atoms with E-state index in [1.54, 1.807) is 6.92 Å². The molecular formula is C15H23NO. The van der Waals surface area contributed by atoms with Crippen LogP contribution >= 0.6 is 0 Å². The highest BCUT2D eigenvalue weighted by molar-refractivity contribution is 5.76. The summed E-state index contributed by atoms with van der Waals surface area (Å²) in [4.78, 5) is 13.4. The van der Waals surface area contributed by atoms with Crippen molar-refractivity contribution in [2.45, 2.75) is 39.2 Å². The molecule has 0 heterocycles. The first-order valence-electron chi connectivity index (χ1n) is 6.29. The molecule has 2 heteroatoms. The molecule has 0 saturated heterocycles. The lowest BCUT2D eigenvalue weighted by Crippen LogP contribution is -2.22. The predicted molar refractivity (Wildman–Crippen MR) is 72.2 cm³/mol. The largest absolute Gasteiger partial charge is 0.302 e. The van der Waals surface area contributed by atoms with Gasteiger partial charge in [0, 0.05) is 12.5 Å². The first kappa shape index (κ1) is 13.9. The van der Waals surface area contributed by atoms with E-state index in [1.807, 2.05) is 14.1 Å². The van der Waals surface area contributed by atoms with E-state index < -0.39 is 0 Å². The predicted octanol–water partition coefficient (Wildman–Crippen LogP) is 3.22. The number of rotatable bonds is 6. The molecule has 0 amide bonds. The van der Waals surface area contributed by atoms with Gasteiger partial charge < -0.3 is 4.90 Å². The zero-order chi connectivity index (χ0) is 12.8. The molecule has 0 aromatic heterocycles. The molecule has 0 radical (unpaired) electrons. The molecule has 0 aliphatic rings. The molecular weight excluding hydrogens is 210 g/mol. The average Bonchev–Trinajstić information content (AvgIpc) is 2.27. The Kier molecular flexibility index (Phi) is 5.36. The van der Waals surface area contributed by atoms with Crippen molar-refractivity contribution in [1.29, 1.82) is 0 Å². The van der Waals surface area contributed by atoms with Gasteiger partial charge in [0.25, 0.3) is 0 Å². The average molecular weight is 233 g/mol. The number of carbonyl (C=O) groups excluding carboxylic acids is 1. The third-order valence-corrected chi connectivity index (χ3v) is 3.01. The van der Waals surface area contributed by atoms with Crippen LogP contribution in [-0.4, -0.2) is 24.8 Å². The number of carbonyl (C=O) groups is 1. The Bertz CT molecular complexity index is 354. The van der Waals surface area contributed by atoms with Crippen molar-refractivity contribution in [2.24, 2.45) is 0 Å². The minimum absolute atomic E-state index is 0.197. The van der Waals surface area contributed by atoms with E-state index in [4.69, 9.17) is 0 Å². The second-order valence-corrected chi connectivity index (χ2v) is 4.88. The number of hydrogen-bond donors (Lipinski definition) is 0. The summed E-state index contributed by atoms with van der Waals surface area (Å²) in [7, 11) is 4.04. The van der Waals surface area contributed by atoms with E-state index in [0.29, 0.717) is 6.42 Å². The van der Waals surface area contributed by atoms with Gasteiger partial charge >= 0.3 is 0 Å². The smallest absolute Gasteiger partial charge is 0.131 e. The van der Waals surface area contributed by atoms with Crippen LogP contribution in [0.2, 0.25) is 0 Å². The van der Waals surface area contributed by atoms with Crippen molar-refractivity contribution in [3.63, 3.8) is 0 Å². The summed E-state index contributed by atoms with van der Waals surface area (Å²) in [5, 5.41) is 0. The summed E-state index contributed by atoms with van der Waals surface area (Å²) in [6.07, 6.45) is 2.88. The number of hydrogen-bond acceptors (Lipinski definition) is 2. The fourth-order valence-corrected chi connectivity index (χ4v) is 2.07. The van der Waals surface area contributed by atoms with Crippen LogP contribution in [0.1, 0.15) is 43.9 Å². The van der Waals surface area contributed by atoms with Gasteiger partial charge in [0.05, 0.1) is 0 Å². The summed E-state index contributed by atoms with van der Waals surface area (Å²) < 4.78 is 0. The number of aryl methyl sites for hydroxylation is 1. The molecule has 0 saturated carbocycles. The molecule has 1 aromatic carbocycles. The molecule has 1 unspecified atom stereocenters. The van der Waals surface area contributed by atoms with Crippen molar-refractivity contribution in [1.82, 2.24) is 4.90 Å². The highest BCUT2D eigenvalue weighted by atomic mass is 16.1.